The highest BCUT2D eigenvalue weighted by Crippen LogP contribution is 2.31. The second-order valence-corrected chi connectivity index (χ2v) is 6.72. The zero-order valence-corrected chi connectivity index (χ0v) is 15.9. The van der Waals surface area contributed by atoms with Crippen LogP contribution in [0.4, 0.5) is 10.1 Å². The number of esters is 2. The summed E-state index contributed by atoms with van der Waals surface area (Å²) in [6.07, 6.45) is 4.27. The van der Waals surface area contributed by atoms with Gasteiger partial charge in [0.25, 0.3) is 5.79 Å². The number of anilines is 1. The Morgan fingerprint density at radius 3 is 2.37 bits per heavy atom. The molecule has 0 bridgehead atoms. The molecule has 0 unspecified atom stereocenters. The molecule has 10 heteroatoms. The van der Waals surface area contributed by atoms with Crippen LogP contribution in [0.25, 0.3) is 22.9 Å². The number of halogens is 1. The molecule has 2 aromatic heterocycles. The van der Waals surface area contributed by atoms with Gasteiger partial charge in [0, 0.05) is 38.0 Å². The number of hydrogen-bond donors (Lipinski definition) is 1. The molecule has 152 valence electrons. The minimum Gasteiger partial charge on any atom is -0.419 e. The van der Waals surface area contributed by atoms with E-state index in [1.165, 1.54) is 32.0 Å². The van der Waals surface area contributed by atoms with Crippen LogP contribution >= 0.6 is 0 Å². The molecule has 1 aliphatic rings. The number of cyclic esters (lactones) is 2. The highest BCUT2D eigenvalue weighted by Gasteiger charge is 2.39. The van der Waals surface area contributed by atoms with Gasteiger partial charge in [-0.3, -0.25) is 4.98 Å². The molecule has 1 fully saturated rings. The molecule has 1 N–H and O–H groups in total. The number of hydrogen-bond acceptors (Lipinski definition) is 9. The highest BCUT2D eigenvalue weighted by molar-refractivity contribution is 6.15. The van der Waals surface area contributed by atoms with Gasteiger partial charge in [-0.2, -0.15) is 0 Å². The zero-order valence-electron chi connectivity index (χ0n) is 15.9. The summed E-state index contributed by atoms with van der Waals surface area (Å²) in [5.74, 6) is -3.31. The molecule has 1 aliphatic heterocycles. The fourth-order valence-electron chi connectivity index (χ4n) is 2.69. The first-order chi connectivity index (χ1) is 14.3. The number of nitrogens with zero attached hydrogens (tertiary/aromatic N) is 3. The van der Waals surface area contributed by atoms with Crippen LogP contribution in [0.3, 0.4) is 0 Å². The molecule has 0 aliphatic carbocycles. The van der Waals surface area contributed by atoms with Crippen molar-refractivity contribution in [1.82, 2.24) is 15.2 Å². The monoisotopic (exact) mass is 410 g/mol. The fourth-order valence-corrected chi connectivity index (χ4v) is 2.69. The SMILES string of the molecule is CC1(C)OC(=O)C(=CNc2ccc(F)cc2-c2nnc(-c3ccncc3)o2)C(=O)O1. The maximum atomic E-state index is 13.9. The van der Waals surface area contributed by atoms with Gasteiger partial charge < -0.3 is 19.2 Å². The van der Waals surface area contributed by atoms with Crippen LogP contribution in [0.2, 0.25) is 0 Å². The Balaban J connectivity index is 1.65. The molecular weight excluding hydrogens is 395 g/mol. The molecule has 0 amide bonds. The summed E-state index contributed by atoms with van der Waals surface area (Å²) in [5, 5.41) is 10.7. The summed E-state index contributed by atoms with van der Waals surface area (Å²) in [5.41, 5.74) is 0.858. The van der Waals surface area contributed by atoms with Gasteiger partial charge >= 0.3 is 11.9 Å². The van der Waals surface area contributed by atoms with Crippen LogP contribution in [0.1, 0.15) is 13.8 Å². The Labute approximate surface area is 169 Å². The number of nitrogens with one attached hydrogen (secondary N) is 1. The topological polar surface area (TPSA) is 116 Å². The van der Waals surface area contributed by atoms with E-state index in [1.807, 2.05) is 0 Å². The molecule has 9 nitrogen and oxygen atoms in total. The van der Waals surface area contributed by atoms with Crippen LogP contribution < -0.4 is 5.32 Å². The second kappa shape index (κ2) is 7.39. The van der Waals surface area contributed by atoms with Crippen LogP contribution in [-0.4, -0.2) is 32.9 Å². The van der Waals surface area contributed by atoms with Crippen LogP contribution in [0.5, 0.6) is 0 Å². The average molecular weight is 410 g/mol. The lowest BCUT2D eigenvalue weighted by atomic mass is 10.1. The van der Waals surface area contributed by atoms with E-state index in [4.69, 9.17) is 13.9 Å². The third-order valence-corrected chi connectivity index (χ3v) is 4.05. The van der Waals surface area contributed by atoms with Crippen molar-refractivity contribution in [1.29, 1.82) is 0 Å². The van der Waals surface area contributed by atoms with E-state index in [1.54, 1.807) is 24.5 Å². The molecule has 1 saturated heterocycles. The van der Waals surface area contributed by atoms with Crippen LogP contribution in [-0.2, 0) is 19.1 Å². The number of rotatable bonds is 4. The van der Waals surface area contributed by atoms with Crippen molar-refractivity contribution < 1.29 is 27.9 Å². The van der Waals surface area contributed by atoms with Gasteiger partial charge in [0.05, 0.1) is 11.3 Å². The third-order valence-electron chi connectivity index (χ3n) is 4.05. The largest absolute Gasteiger partial charge is 0.419 e. The number of carbonyl (C=O) groups is 2. The van der Waals surface area contributed by atoms with Crippen molar-refractivity contribution in [2.45, 2.75) is 19.6 Å². The highest BCUT2D eigenvalue weighted by atomic mass is 19.1. The lowest BCUT2D eigenvalue weighted by molar-refractivity contribution is -0.222. The van der Waals surface area contributed by atoms with Gasteiger partial charge in [-0.1, -0.05) is 0 Å². The molecule has 1 aromatic carbocycles. The van der Waals surface area contributed by atoms with E-state index < -0.39 is 23.5 Å². The quantitative estimate of drug-likeness (QED) is 0.393. The van der Waals surface area contributed by atoms with Gasteiger partial charge in [0.2, 0.25) is 11.8 Å². The molecule has 3 heterocycles. The molecule has 0 radical (unpaired) electrons. The summed E-state index contributed by atoms with van der Waals surface area (Å²) < 4.78 is 29.6. The van der Waals surface area contributed by atoms with E-state index in [2.05, 4.69) is 20.5 Å². The van der Waals surface area contributed by atoms with Crippen molar-refractivity contribution in [2.75, 3.05) is 5.32 Å². The standard InChI is InChI=1S/C20H15FN4O5/c1-20(2)29-18(26)14(19(27)30-20)10-23-15-4-3-12(21)9-13(15)17-25-24-16(28-17)11-5-7-22-8-6-11/h3-10,23H,1-2H3. The van der Waals surface area contributed by atoms with Gasteiger partial charge in [-0.05, 0) is 30.3 Å². The number of aromatic nitrogens is 3. The van der Waals surface area contributed by atoms with Crippen molar-refractivity contribution in [3.63, 3.8) is 0 Å². The summed E-state index contributed by atoms with van der Waals surface area (Å²) in [4.78, 5) is 28.1. The van der Waals surface area contributed by atoms with Crippen LogP contribution in [0, 0.1) is 5.82 Å². The average Bonchev–Trinajstić information content (AvgIpc) is 3.18. The fraction of sp³-hybridized carbons (Fsp3) is 0.150. The number of ether oxygens (including phenoxy) is 2. The first-order valence-corrected chi connectivity index (χ1v) is 8.79. The number of pyridine rings is 1. The van der Waals surface area contributed by atoms with Gasteiger partial charge in [0.1, 0.15) is 5.82 Å². The molecule has 0 atom stereocenters. The maximum absolute atomic E-state index is 13.9. The van der Waals surface area contributed by atoms with E-state index in [0.29, 0.717) is 11.3 Å². The number of carbonyl (C=O) groups excluding carboxylic acids is 2. The predicted octanol–water partition coefficient (Wildman–Crippen LogP) is 3.07. The summed E-state index contributed by atoms with van der Waals surface area (Å²) in [6, 6.07) is 7.17. The molecule has 0 saturated carbocycles. The summed E-state index contributed by atoms with van der Waals surface area (Å²) in [7, 11) is 0. The minimum atomic E-state index is -1.35. The second-order valence-electron chi connectivity index (χ2n) is 6.72. The first kappa shape index (κ1) is 19.2. The molecular formula is C20H15FN4O5. The molecule has 0 spiro atoms. The number of benzene rings is 1. The van der Waals surface area contributed by atoms with E-state index in [-0.39, 0.29) is 22.9 Å². The third kappa shape index (κ3) is 3.88. The lowest BCUT2D eigenvalue weighted by Crippen LogP contribution is -2.42. The molecule has 30 heavy (non-hydrogen) atoms. The van der Waals surface area contributed by atoms with Crippen LogP contribution in [0.15, 0.2) is 58.9 Å². The van der Waals surface area contributed by atoms with Gasteiger partial charge in [-0.15, -0.1) is 10.2 Å². The zero-order chi connectivity index (χ0) is 21.3. The Morgan fingerprint density at radius 1 is 1.00 bits per heavy atom. The Bertz CT molecular complexity index is 1140. The van der Waals surface area contributed by atoms with Crippen molar-refractivity contribution in [3.8, 4) is 22.9 Å². The maximum Gasteiger partial charge on any atom is 0.350 e. The predicted molar refractivity (Wildman–Crippen MR) is 101 cm³/mol. The normalized spacial score (nSPS) is 15.4. The van der Waals surface area contributed by atoms with Gasteiger partial charge in [-0.25, -0.2) is 14.0 Å². The first-order valence-electron chi connectivity index (χ1n) is 8.79. The van der Waals surface area contributed by atoms with E-state index >= 15 is 0 Å². The summed E-state index contributed by atoms with van der Waals surface area (Å²) >= 11 is 0. The Hall–Kier alpha value is -4.08. The Kier molecular flexibility index (Phi) is 4.74. The van der Waals surface area contributed by atoms with Crippen molar-refractivity contribution >= 4 is 17.6 Å². The molecule has 3 aromatic rings. The minimum absolute atomic E-state index is 0.0390. The molecule has 4 rings (SSSR count). The smallest absolute Gasteiger partial charge is 0.350 e. The summed E-state index contributed by atoms with van der Waals surface area (Å²) in [6.45, 7) is 2.89. The van der Waals surface area contributed by atoms with Gasteiger partial charge in [0.15, 0.2) is 5.57 Å². The Morgan fingerprint density at radius 2 is 1.67 bits per heavy atom. The van der Waals surface area contributed by atoms with Crippen molar-refractivity contribution in [3.05, 3.63) is 60.3 Å². The van der Waals surface area contributed by atoms with Crippen molar-refractivity contribution in [2.24, 2.45) is 0 Å². The van der Waals surface area contributed by atoms with E-state index in [0.717, 1.165) is 6.20 Å². The van der Waals surface area contributed by atoms with E-state index in [9.17, 15) is 14.0 Å². The lowest BCUT2D eigenvalue weighted by Gasteiger charge is -2.29.